The number of nitrogens with one attached hydrogen (secondary N) is 1. The molecule has 10 nitrogen and oxygen atoms in total. The Labute approximate surface area is 225 Å². The topological polar surface area (TPSA) is 103 Å². The summed E-state index contributed by atoms with van der Waals surface area (Å²) in [6, 6.07) is 6.56. The van der Waals surface area contributed by atoms with E-state index >= 15 is 0 Å². The van der Waals surface area contributed by atoms with Crippen molar-refractivity contribution < 1.29 is 9.53 Å². The first-order valence-corrected chi connectivity index (χ1v) is 13.7. The van der Waals surface area contributed by atoms with Gasteiger partial charge in [-0.05, 0) is 52.4 Å². The van der Waals surface area contributed by atoms with Crippen LogP contribution in [0.4, 0.5) is 0 Å². The van der Waals surface area contributed by atoms with E-state index in [0.717, 1.165) is 58.5 Å². The lowest BCUT2D eigenvalue weighted by Gasteiger charge is -2.38. The van der Waals surface area contributed by atoms with E-state index in [9.17, 15) is 4.79 Å². The van der Waals surface area contributed by atoms with E-state index in [-0.39, 0.29) is 18.0 Å². The summed E-state index contributed by atoms with van der Waals surface area (Å²) in [5.41, 5.74) is 3.01. The summed E-state index contributed by atoms with van der Waals surface area (Å²) in [4.78, 5) is 25.8. The van der Waals surface area contributed by atoms with Crippen molar-refractivity contribution in [3.05, 3.63) is 41.8 Å². The summed E-state index contributed by atoms with van der Waals surface area (Å²) < 4.78 is 9.81. The SMILES string of the molecule is CC(C)n1ncnc1-c1nc2c(s1)CCOc1cc(-c3cnn(C(C)(C)C(=O)NC4CN(C)C4)c3)ccc1-2. The fourth-order valence-corrected chi connectivity index (χ4v) is 5.96. The molecule has 0 saturated carbocycles. The molecule has 1 fully saturated rings. The number of carbonyl (C=O) groups is 1. The van der Waals surface area contributed by atoms with Crippen molar-refractivity contribution in [3.63, 3.8) is 0 Å². The van der Waals surface area contributed by atoms with Gasteiger partial charge in [0.1, 0.15) is 17.6 Å². The maximum atomic E-state index is 13.0. The molecule has 1 N–H and O–H groups in total. The van der Waals surface area contributed by atoms with Gasteiger partial charge in [0.15, 0.2) is 10.8 Å². The van der Waals surface area contributed by atoms with Crippen LogP contribution in [0.1, 0.15) is 38.6 Å². The largest absolute Gasteiger partial charge is 0.492 e. The smallest absolute Gasteiger partial charge is 0.247 e. The van der Waals surface area contributed by atoms with Gasteiger partial charge in [0.05, 0.1) is 24.5 Å². The predicted octanol–water partition coefficient (Wildman–Crippen LogP) is 3.61. The molecule has 3 aromatic heterocycles. The van der Waals surface area contributed by atoms with E-state index in [1.54, 1.807) is 28.5 Å². The first-order valence-electron chi connectivity index (χ1n) is 12.9. The molecular formula is C27H32N8O2S. The van der Waals surface area contributed by atoms with Gasteiger partial charge in [-0.3, -0.25) is 9.48 Å². The Morgan fingerprint density at radius 3 is 2.79 bits per heavy atom. The van der Waals surface area contributed by atoms with E-state index in [1.165, 1.54) is 4.88 Å². The third kappa shape index (κ3) is 4.29. The Balaban J connectivity index is 1.27. The zero-order valence-corrected chi connectivity index (χ0v) is 23.1. The molecule has 0 aliphatic carbocycles. The second-order valence-electron chi connectivity index (χ2n) is 10.8. The lowest BCUT2D eigenvalue weighted by molar-refractivity contribution is -0.130. The van der Waals surface area contributed by atoms with Crippen LogP contribution in [0.5, 0.6) is 5.75 Å². The highest BCUT2D eigenvalue weighted by Crippen LogP contribution is 2.41. The molecule has 1 aromatic carbocycles. The van der Waals surface area contributed by atoms with Gasteiger partial charge in [-0.15, -0.1) is 11.3 Å². The second-order valence-corrected chi connectivity index (χ2v) is 11.9. The van der Waals surface area contributed by atoms with Gasteiger partial charge in [-0.25, -0.2) is 14.6 Å². The summed E-state index contributed by atoms with van der Waals surface area (Å²) in [5.74, 6) is 1.55. The van der Waals surface area contributed by atoms with Gasteiger partial charge < -0.3 is 15.0 Å². The predicted molar refractivity (Wildman–Crippen MR) is 146 cm³/mol. The fourth-order valence-electron chi connectivity index (χ4n) is 4.91. The zero-order chi connectivity index (χ0) is 26.6. The Bertz CT molecular complexity index is 1490. The molecule has 0 radical (unpaired) electrons. The Morgan fingerprint density at radius 1 is 1.21 bits per heavy atom. The number of likely N-dealkylation sites (N-methyl/N-ethyl adjacent to an activating group) is 1. The van der Waals surface area contributed by atoms with Crippen LogP contribution in [-0.2, 0) is 16.8 Å². The second kappa shape index (κ2) is 9.32. The Kier molecular flexibility index (Phi) is 6.07. The molecule has 11 heteroatoms. The monoisotopic (exact) mass is 532 g/mol. The van der Waals surface area contributed by atoms with Crippen LogP contribution in [0.25, 0.3) is 33.2 Å². The maximum absolute atomic E-state index is 13.0. The molecule has 1 amide bonds. The fraction of sp³-hybridized carbons (Fsp3) is 0.444. The number of likely N-dealkylation sites (tertiary alicyclic amines) is 1. The molecule has 0 spiro atoms. The highest BCUT2D eigenvalue weighted by atomic mass is 32.1. The first-order chi connectivity index (χ1) is 18.2. The molecule has 0 unspecified atom stereocenters. The lowest BCUT2D eigenvalue weighted by atomic mass is 10.0. The number of thiazole rings is 1. The van der Waals surface area contributed by atoms with Gasteiger partial charge >= 0.3 is 0 Å². The number of amides is 1. The molecule has 198 valence electrons. The first kappa shape index (κ1) is 24.7. The number of rotatable bonds is 6. The van der Waals surface area contributed by atoms with Crippen LogP contribution in [0, 0.1) is 0 Å². The van der Waals surface area contributed by atoms with E-state index < -0.39 is 5.54 Å². The van der Waals surface area contributed by atoms with Crippen LogP contribution in [0.15, 0.2) is 36.9 Å². The molecule has 4 aromatic rings. The van der Waals surface area contributed by atoms with Crippen molar-refractivity contribution in [2.45, 2.75) is 51.7 Å². The van der Waals surface area contributed by atoms with Gasteiger partial charge in [-0.2, -0.15) is 10.2 Å². The average Bonchev–Trinajstić information content (AvgIpc) is 3.61. The van der Waals surface area contributed by atoms with Crippen molar-refractivity contribution in [3.8, 4) is 39.0 Å². The summed E-state index contributed by atoms with van der Waals surface area (Å²) in [6.45, 7) is 10.3. The van der Waals surface area contributed by atoms with E-state index in [1.807, 2.05) is 37.8 Å². The van der Waals surface area contributed by atoms with Crippen molar-refractivity contribution in [2.75, 3.05) is 26.7 Å². The van der Waals surface area contributed by atoms with E-state index in [0.29, 0.717) is 6.61 Å². The third-order valence-electron chi connectivity index (χ3n) is 7.22. The summed E-state index contributed by atoms with van der Waals surface area (Å²) >= 11 is 1.65. The van der Waals surface area contributed by atoms with Gasteiger partial charge in [0, 0.05) is 47.8 Å². The molecule has 0 bridgehead atoms. The number of nitrogens with zero attached hydrogens (tertiary/aromatic N) is 7. The van der Waals surface area contributed by atoms with Crippen LogP contribution in [-0.4, -0.2) is 73.1 Å². The number of fused-ring (bicyclic) bond motifs is 3. The summed E-state index contributed by atoms with van der Waals surface area (Å²) in [5, 5.41) is 12.9. The molecule has 5 heterocycles. The quantitative estimate of drug-likeness (QED) is 0.405. The molecule has 6 rings (SSSR count). The maximum Gasteiger partial charge on any atom is 0.247 e. The van der Waals surface area contributed by atoms with Crippen molar-refractivity contribution in [1.29, 1.82) is 0 Å². The van der Waals surface area contributed by atoms with Crippen LogP contribution in [0.2, 0.25) is 0 Å². The molecular weight excluding hydrogens is 500 g/mol. The molecule has 1 saturated heterocycles. The number of aromatic nitrogens is 6. The minimum atomic E-state index is -0.808. The van der Waals surface area contributed by atoms with E-state index in [4.69, 9.17) is 9.72 Å². The van der Waals surface area contributed by atoms with Gasteiger partial charge in [0.2, 0.25) is 5.91 Å². The molecule has 2 aliphatic heterocycles. The Morgan fingerprint density at radius 2 is 2.03 bits per heavy atom. The van der Waals surface area contributed by atoms with Crippen LogP contribution >= 0.6 is 11.3 Å². The summed E-state index contributed by atoms with van der Waals surface area (Å²) in [6.07, 6.45) is 6.10. The number of hydrogen-bond acceptors (Lipinski definition) is 8. The van der Waals surface area contributed by atoms with Gasteiger partial charge in [-0.1, -0.05) is 6.07 Å². The minimum absolute atomic E-state index is 0.0318. The van der Waals surface area contributed by atoms with Crippen molar-refractivity contribution >= 4 is 17.2 Å². The Hall–Kier alpha value is -3.57. The van der Waals surface area contributed by atoms with Crippen molar-refractivity contribution in [2.24, 2.45) is 0 Å². The van der Waals surface area contributed by atoms with E-state index in [2.05, 4.69) is 51.4 Å². The van der Waals surface area contributed by atoms with Crippen molar-refractivity contribution in [1.82, 2.24) is 39.7 Å². The molecule has 2 aliphatic rings. The number of carbonyl (C=O) groups excluding carboxylic acids is 1. The number of ether oxygens (including phenoxy) is 1. The normalized spacial score (nSPS) is 15.9. The zero-order valence-electron chi connectivity index (χ0n) is 22.3. The number of benzene rings is 1. The highest BCUT2D eigenvalue weighted by Gasteiger charge is 2.35. The highest BCUT2D eigenvalue weighted by molar-refractivity contribution is 7.15. The third-order valence-corrected chi connectivity index (χ3v) is 8.33. The average molecular weight is 533 g/mol. The molecule has 0 atom stereocenters. The van der Waals surface area contributed by atoms with Crippen LogP contribution in [0.3, 0.4) is 0 Å². The standard InChI is InChI=1S/C27H32N8O2S/c1-16(2)35-24(28-15-30-35)25-32-23-20-7-6-17(10-21(20)37-9-8-22(23)38-25)18-11-29-34(12-18)27(3,4)26(36)31-19-13-33(5)14-19/h6-7,10-12,15-16,19H,8-9,13-14H2,1-5H3,(H,31,36). The lowest BCUT2D eigenvalue weighted by Crippen LogP contribution is -2.60. The van der Waals surface area contributed by atoms with Crippen LogP contribution < -0.4 is 10.1 Å². The van der Waals surface area contributed by atoms with Gasteiger partial charge in [0.25, 0.3) is 0 Å². The molecule has 38 heavy (non-hydrogen) atoms. The summed E-state index contributed by atoms with van der Waals surface area (Å²) in [7, 11) is 2.05. The number of hydrogen-bond donors (Lipinski definition) is 1. The minimum Gasteiger partial charge on any atom is -0.492 e.